The highest BCUT2D eigenvalue weighted by atomic mass is 19.4. The summed E-state index contributed by atoms with van der Waals surface area (Å²) in [4.78, 5) is 5.75. The normalized spacial score (nSPS) is 12.0. The van der Waals surface area contributed by atoms with Crippen LogP contribution in [-0.4, -0.2) is 9.97 Å². The summed E-state index contributed by atoms with van der Waals surface area (Å²) in [6, 6.07) is 0. The Hall–Kier alpha value is -1.00. The van der Waals surface area contributed by atoms with Crippen LogP contribution < -0.4 is 0 Å². The second-order valence-corrected chi connectivity index (χ2v) is 2.08. The molecule has 1 N–H and O–H groups in total. The van der Waals surface area contributed by atoms with Gasteiger partial charge in [0.25, 0.3) is 0 Å². The average Bonchev–Trinajstić information content (AvgIpc) is 2.32. The van der Waals surface area contributed by atoms with Gasteiger partial charge in [0.15, 0.2) is 5.69 Å². The van der Waals surface area contributed by atoms with E-state index in [1.165, 1.54) is 0 Å². The zero-order valence-corrected chi connectivity index (χ0v) is 5.87. The first-order chi connectivity index (χ1) is 5.04. The maximum atomic E-state index is 11.9. The number of hydrogen-bond donors (Lipinski definition) is 1. The summed E-state index contributed by atoms with van der Waals surface area (Å²) in [5.41, 5.74) is -0.852. The van der Waals surface area contributed by atoms with Gasteiger partial charge in [0, 0.05) is 12.6 Å². The number of H-pyrrole nitrogens is 1. The second kappa shape index (κ2) is 2.56. The molecule has 1 rings (SSSR count). The quantitative estimate of drug-likeness (QED) is 0.675. The van der Waals surface area contributed by atoms with Crippen LogP contribution in [0, 0.1) is 0 Å². The molecule has 0 radical (unpaired) electrons. The summed E-state index contributed by atoms with van der Waals surface area (Å²) in [5.74, 6) is 0.359. The molecular weight excluding hydrogens is 157 g/mol. The molecule has 5 heteroatoms. The van der Waals surface area contributed by atoms with Gasteiger partial charge in [0.05, 0.1) is 0 Å². The Kier molecular flexibility index (Phi) is 1.89. The number of nitrogens with zero attached hydrogens (tertiary/aromatic N) is 1. The van der Waals surface area contributed by atoms with Crippen molar-refractivity contribution in [3.63, 3.8) is 0 Å². The van der Waals surface area contributed by atoms with Crippen LogP contribution in [0.25, 0.3) is 0 Å². The fraction of sp³-hybridized carbons (Fsp3) is 0.500. The van der Waals surface area contributed by atoms with Gasteiger partial charge >= 0.3 is 6.18 Å². The summed E-state index contributed by atoms with van der Waals surface area (Å²) in [6.07, 6.45) is -2.97. The molecule has 1 aromatic heterocycles. The Morgan fingerprint density at radius 1 is 1.55 bits per heavy atom. The Labute approximate surface area is 61.5 Å². The van der Waals surface area contributed by atoms with Crippen molar-refractivity contribution < 1.29 is 13.2 Å². The van der Waals surface area contributed by atoms with Crippen LogP contribution in [0.15, 0.2) is 6.20 Å². The van der Waals surface area contributed by atoms with E-state index >= 15 is 0 Å². The van der Waals surface area contributed by atoms with Crippen molar-refractivity contribution in [1.82, 2.24) is 9.97 Å². The highest BCUT2D eigenvalue weighted by Crippen LogP contribution is 2.27. The van der Waals surface area contributed by atoms with Crippen LogP contribution >= 0.6 is 0 Å². The molecule has 0 spiro atoms. The molecule has 0 bridgehead atoms. The Morgan fingerprint density at radius 2 is 2.18 bits per heavy atom. The first-order valence-electron chi connectivity index (χ1n) is 3.15. The van der Waals surface area contributed by atoms with Crippen LogP contribution in [0.1, 0.15) is 18.4 Å². The number of alkyl halides is 3. The molecule has 0 unspecified atom stereocenters. The van der Waals surface area contributed by atoms with Gasteiger partial charge in [-0.05, 0) is 0 Å². The second-order valence-electron chi connectivity index (χ2n) is 2.08. The number of aromatic nitrogens is 2. The van der Waals surface area contributed by atoms with Crippen molar-refractivity contribution in [1.29, 1.82) is 0 Å². The third-order valence-corrected chi connectivity index (χ3v) is 1.26. The first-order valence-corrected chi connectivity index (χ1v) is 3.15. The van der Waals surface area contributed by atoms with E-state index in [0.717, 1.165) is 6.20 Å². The number of halogens is 3. The molecule has 11 heavy (non-hydrogen) atoms. The van der Waals surface area contributed by atoms with E-state index in [-0.39, 0.29) is 0 Å². The van der Waals surface area contributed by atoms with Gasteiger partial charge in [-0.3, -0.25) is 0 Å². The standard InChI is InChI=1S/C6H7F3N2/c1-2-5-10-3-4(11-5)6(7,8)9/h3H,2H2,1H3,(H,10,11). The fourth-order valence-electron chi connectivity index (χ4n) is 0.688. The van der Waals surface area contributed by atoms with E-state index < -0.39 is 11.9 Å². The topological polar surface area (TPSA) is 28.7 Å². The molecule has 0 amide bonds. The summed E-state index contributed by atoms with van der Waals surface area (Å²) < 4.78 is 35.6. The van der Waals surface area contributed by atoms with Gasteiger partial charge in [-0.25, -0.2) is 4.98 Å². The van der Waals surface area contributed by atoms with Gasteiger partial charge in [0.2, 0.25) is 0 Å². The van der Waals surface area contributed by atoms with Crippen molar-refractivity contribution in [2.24, 2.45) is 0 Å². The summed E-state index contributed by atoms with van der Waals surface area (Å²) in [5, 5.41) is 0. The van der Waals surface area contributed by atoms with Crippen LogP contribution in [0.4, 0.5) is 13.2 Å². The number of rotatable bonds is 1. The van der Waals surface area contributed by atoms with Crippen molar-refractivity contribution in [3.05, 3.63) is 17.7 Å². The molecule has 0 saturated carbocycles. The summed E-state index contributed by atoms with van der Waals surface area (Å²) >= 11 is 0. The van der Waals surface area contributed by atoms with E-state index in [2.05, 4.69) is 9.97 Å². The van der Waals surface area contributed by atoms with Gasteiger partial charge in [-0.2, -0.15) is 13.2 Å². The minimum atomic E-state index is -4.33. The number of nitrogens with one attached hydrogen (secondary N) is 1. The molecule has 0 fully saturated rings. The fourth-order valence-corrected chi connectivity index (χ4v) is 0.688. The average molecular weight is 164 g/mol. The molecule has 0 aliphatic carbocycles. The lowest BCUT2D eigenvalue weighted by Gasteiger charge is -1.98. The molecule has 1 aromatic rings. The molecule has 0 atom stereocenters. The van der Waals surface area contributed by atoms with Gasteiger partial charge in [-0.1, -0.05) is 6.92 Å². The van der Waals surface area contributed by atoms with Crippen molar-refractivity contribution in [2.75, 3.05) is 0 Å². The molecule has 1 heterocycles. The number of hydrogen-bond acceptors (Lipinski definition) is 1. The molecule has 0 saturated heterocycles. The minimum absolute atomic E-state index is 0.359. The summed E-state index contributed by atoms with van der Waals surface area (Å²) in [7, 11) is 0. The third kappa shape index (κ3) is 1.72. The van der Waals surface area contributed by atoms with Gasteiger partial charge in [0.1, 0.15) is 5.82 Å². The SMILES string of the molecule is CCc1nc(C(F)(F)F)c[nH]1. The van der Waals surface area contributed by atoms with E-state index in [1.54, 1.807) is 6.92 Å². The highest BCUT2D eigenvalue weighted by Gasteiger charge is 2.33. The molecule has 0 aromatic carbocycles. The van der Waals surface area contributed by atoms with Crippen LogP contribution in [0.2, 0.25) is 0 Å². The summed E-state index contributed by atoms with van der Waals surface area (Å²) in [6.45, 7) is 1.74. The lowest BCUT2D eigenvalue weighted by molar-refractivity contribution is -0.140. The Bertz CT molecular complexity index is 238. The van der Waals surface area contributed by atoms with Crippen LogP contribution in [0.3, 0.4) is 0 Å². The van der Waals surface area contributed by atoms with Crippen molar-refractivity contribution in [2.45, 2.75) is 19.5 Å². The number of imidazole rings is 1. The monoisotopic (exact) mass is 164 g/mol. The lowest BCUT2D eigenvalue weighted by Crippen LogP contribution is -2.05. The van der Waals surface area contributed by atoms with Crippen molar-refractivity contribution >= 4 is 0 Å². The van der Waals surface area contributed by atoms with Gasteiger partial charge in [-0.15, -0.1) is 0 Å². The smallest absolute Gasteiger partial charge is 0.348 e. The van der Waals surface area contributed by atoms with Crippen LogP contribution in [0.5, 0.6) is 0 Å². The zero-order valence-electron chi connectivity index (χ0n) is 5.87. The van der Waals surface area contributed by atoms with Gasteiger partial charge < -0.3 is 4.98 Å². The predicted molar refractivity (Wildman–Crippen MR) is 33.0 cm³/mol. The predicted octanol–water partition coefficient (Wildman–Crippen LogP) is 1.99. The van der Waals surface area contributed by atoms with Crippen molar-refractivity contribution in [3.8, 4) is 0 Å². The van der Waals surface area contributed by atoms with E-state index in [0.29, 0.717) is 12.2 Å². The maximum absolute atomic E-state index is 11.9. The highest BCUT2D eigenvalue weighted by molar-refractivity contribution is 5.04. The minimum Gasteiger partial charge on any atom is -0.348 e. The third-order valence-electron chi connectivity index (χ3n) is 1.26. The lowest BCUT2D eigenvalue weighted by atomic mass is 10.4. The maximum Gasteiger partial charge on any atom is 0.434 e. The Morgan fingerprint density at radius 3 is 2.45 bits per heavy atom. The molecular formula is C6H7F3N2. The van der Waals surface area contributed by atoms with E-state index in [4.69, 9.17) is 0 Å². The molecule has 62 valence electrons. The molecule has 0 aliphatic heterocycles. The zero-order chi connectivity index (χ0) is 8.48. The molecule has 0 aliphatic rings. The number of aryl methyl sites for hydroxylation is 1. The first kappa shape index (κ1) is 8.10. The van der Waals surface area contributed by atoms with Crippen LogP contribution in [-0.2, 0) is 12.6 Å². The van der Waals surface area contributed by atoms with E-state index in [9.17, 15) is 13.2 Å². The number of aromatic amines is 1. The Balaban J connectivity index is 2.89. The molecule has 2 nitrogen and oxygen atoms in total. The van der Waals surface area contributed by atoms with E-state index in [1.807, 2.05) is 0 Å². The largest absolute Gasteiger partial charge is 0.434 e.